The molecule has 2 aromatic rings. The number of halogens is 1. The van der Waals surface area contributed by atoms with Crippen LogP contribution < -0.4 is 4.74 Å². The third kappa shape index (κ3) is 7.51. The van der Waals surface area contributed by atoms with Crippen LogP contribution in [-0.2, 0) is 22.4 Å². The number of benzene rings is 2. The summed E-state index contributed by atoms with van der Waals surface area (Å²) < 4.78 is 30.9. The van der Waals surface area contributed by atoms with Gasteiger partial charge in [0, 0.05) is 31.6 Å². The lowest BCUT2D eigenvalue weighted by molar-refractivity contribution is -0.914. The van der Waals surface area contributed by atoms with Gasteiger partial charge in [0.1, 0.15) is 36.4 Å². The number of quaternary nitrogens is 1. The summed E-state index contributed by atoms with van der Waals surface area (Å²) in [6.45, 7) is 13.3. The maximum atomic E-state index is 14.6. The third-order valence-corrected chi connectivity index (χ3v) is 9.40. The van der Waals surface area contributed by atoms with Crippen LogP contribution in [0.5, 0.6) is 5.75 Å². The van der Waals surface area contributed by atoms with E-state index in [2.05, 4.69) is 32.6 Å². The summed E-state index contributed by atoms with van der Waals surface area (Å²) in [5.74, 6) is 1.33. The van der Waals surface area contributed by atoms with Crippen molar-refractivity contribution >= 4 is 6.09 Å². The minimum Gasteiger partial charge on any atom is -0.631 e. The SMILES string of the molecule is CC(C)COc1ccc(C[N+]2([O-])COC3(CCN(CCCN4C(=O)OC[C@@H]4C(C)C)CC3)C2Cc2ccc(F)cc2)cc1. The second-order valence-corrected chi connectivity index (χ2v) is 13.4. The van der Waals surface area contributed by atoms with Crippen molar-refractivity contribution in [3.8, 4) is 5.75 Å². The Labute approximate surface area is 255 Å². The van der Waals surface area contributed by atoms with Crippen molar-refractivity contribution in [1.82, 2.24) is 9.80 Å². The summed E-state index contributed by atoms with van der Waals surface area (Å²) in [5, 5.41) is 14.6. The van der Waals surface area contributed by atoms with Crippen LogP contribution in [0.25, 0.3) is 0 Å². The Balaban J connectivity index is 1.24. The van der Waals surface area contributed by atoms with Gasteiger partial charge in [-0.05, 0) is 79.6 Å². The molecule has 0 aromatic heterocycles. The fourth-order valence-corrected chi connectivity index (χ4v) is 6.84. The van der Waals surface area contributed by atoms with Crippen LogP contribution in [-0.4, -0.2) is 84.3 Å². The topological polar surface area (TPSA) is 74.3 Å². The van der Waals surface area contributed by atoms with Gasteiger partial charge in [0.2, 0.25) is 0 Å². The summed E-state index contributed by atoms with van der Waals surface area (Å²) in [4.78, 5) is 16.5. The van der Waals surface area contributed by atoms with Crippen molar-refractivity contribution in [3.63, 3.8) is 0 Å². The number of hydrogen-bond acceptors (Lipinski definition) is 6. The van der Waals surface area contributed by atoms with Gasteiger partial charge in [0.15, 0.2) is 6.73 Å². The summed E-state index contributed by atoms with van der Waals surface area (Å²) in [7, 11) is 0. The highest BCUT2D eigenvalue weighted by molar-refractivity contribution is 5.70. The quantitative estimate of drug-likeness (QED) is 0.222. The summed E-state index contributed by atoms with van der Waals surface area (Å²) in [6.07, 6.45) is 2.74. The molecule has 3 aliphatic rings. The van der Waals surface area contributed by atoms with E-state index in [-0.39, 0.29) is 30.7 Å². The fraction of sp³-hybridized carbons (Fsp3) is 0.618. The Morgan fingerprint density at radius 2 is 1.70 bits per heavy atom. The largest absolute Gasteiger partial charge is 0.631 e. The average Bonchev–Trinajstić information content (AvgIpc) is 3.48. The first-order chi connectivity index (χ1) is 20.6. The first-order valence-electron chi connectivity index (χ1n) is 15.9. The average molecular weight is 598 g/mol. The molecule has 0 aliphatic carbocycles. The lowest BCUT2D eigenvalue weighted by atomic mass is 9.80. The lowest BCUT2D eigenvalue weighted by Gasteiger charge is -2.48. The number of piperidine rings is 1. The second kappa shape index (κ2) is 13.5. The molecule has 1 amide bonds. The molecule has 0 bridgehead atoms. The number of carbonyl (C=O) groups excluding carboxylic acids is 1. The van der Waals surface area contributed by atoms with Crippen LogP contribution in [0, 0.1) is 22.9 Å². The summed E-state index contributed by atoms with van der Waals surface area (Å²) in [6, 6.07) is 14.2. The van der Waals surface area contributed by atoms with Crippen LogP contribution in [0.4, 0.5) is 9.18 Å². The van der Waals surface area contributed by atoms with Crippen LogP contribution in [0.15, 0.2) is 48.5 Å². The molecule has 3 fully saturated rings. The molecular weight excluding hydrogens is 549 g/mol. The molecule has 2 unspecified atom stereocenters. The minimum absolute atomic E-state index is 0.102. The molecule has 43 heavy (non-hydrogen) atoms. The normalized spacial score (nSPS) is 25.7. The van der Waals surface area contributed by atoms with Gasteiger partial charge >= 0.3 is 6.09 Å². The first kappa shape index (κ1) is 31.7. The molecule has 3 saturated heterocycles. The van der Waals surface area contributed by atoms with Crippen LogP contribution in [0.2, 0.25) is 0 Å². The van der Waals surface area contributed by atoms with Crippen molar-refractivity contribution in [1.29, 1.82) is 0 Å². The van der Waals surface area contributed by atoms with E-state index in [1.54, 1.807) is 12.1 Å². The molecular formula is C34H48FN3O5. The highest BCUT2D eigenvalue weighted by Crippen LogP contribution is 2.44. The molecule has 0 saturated carbocycles. The third-order valence-electron chi connectivity index (χ3n) is 9.40. The maximum absolute atomic E-state index is 14.6. The van der Waals surface area contributed by atoms with E-state index in [1.165, 1.54) is 12.1 Å². The van der Waals surface area contributed by atoms with Crippen molar-refractivity contribution in [2.45, 2.75) is 77.6 Å². The Morgan fingerprint density at radius 1 is 1.02 bits per heavy atom. The van der Waals surface area contributed by atoms with E-state index in [0.29, 0.717) is 44.6 Å². The molecule has 3 aliphatic heterocycles. The minimum atomic E-state index is -0.533. The van der Waals surface area contributed by atoms with Gasteiger partial charge in [-0.1, -0.05) is 39.8 Å². The molecule has 3 atom stereocenters. The lowest BCUT2D eigenvalue weighted by Crippen LogP contribution is -2.58. The smallest absolute Gasteiger partial charge is 0.410 e. The van der Waals surface area contributed by atoms with Crippen LogP contribution in [0.1, 0.15) is 58.1 Å². The number of rotatable bonds is 12. The van der Waals surface area contributed by atoms with Crippen molar-refractivity contribution in [3.05, 3.63) is 70.7 Å². The predicted molar refractivity (Wildman–Crippen MR) is 164 cm³/mol. The molecule has 2 aromatic carbocycles. The van der Waals surface area contributed by atoms with E-state index in [0.717, 1.165) is 55.8 Å². The van der Waals surface area contributed by atoms with E-state index in [4.69, 9.17) is 14.2 Å². The zero-order valence-electron chi connectivity index (χ0n) is 26.2. The standard InChI is InChI=1S/C34H48FN3O5/c1-25(2)22-41-30-12-8-28(9-13-30)21-38(40)24-43-34(32(38)20-27-6-10-29(35)11-7-27)14-18-36(19-15-34)16-5-17-37-31(26(3)4)23-42-33(37)39/h6-13,25-26,31-32H,5,14-24H2,1-4H3/t31-,32?,38?/m1/s1. The monoisotopic (exact) mass is 597 g/mol. The van der Waals surface area contributed by atoms with Crippen molar-refractivity contribution in [2.24, 2.45) is 11.8 Å². The fourth-order valence-electron chi connectivity index (χ4n) is 6.84. The maximum Gasteiger partial charge on any atom is 0.410 e. The van der Waals surface area contributed by atoms with E-state index < -0.39 is 10.2 Å². The van der Waals surface area contributed by atoms with Gasteiger partial charge in [0.05, 0.1) is 12.6 Å². The van der Waals surface area contributed by atoms with Gasteiger partial charge in [-0.25, -0.2) is 9.18 Å². The highest BCUT2D eigenvalue weighted by Gasteiger charge is 2.56. The Kier molecular flexibility index (Phi) is 9.96. The molecule has 0 N–H and O–H groups in total. The summed E-state index contributed by atoms with van der Waals surface area (Å²) >= 11 is 0. The molecule has 9 heteroatoms. The van der Waals surface area contributed by atoms with Gasteiger partial charge in [-0.2, -0.15) is 0 Å². The van der Waals surface area contributed by atoms with Gasteiger partial charge in [0.25, 0.3) is 0 Å². The molecule has 0 radical (unpaired) electrons. The molecule has 236 valence electrons. The molecule has 3 heterocycles. The number of carbonyl (C=O) groups is 1. The Morgan fingerprint density at radius 3 is 2.35 bits per heavy atom. The van der Waals surface area contributed by atoms with Gasteiger partial charge < -0.3 is 33.9 Å². The summed E-state index contributed by atoms with van der Waals surface area (Å²) in [5.41, 5.74) is 1.37. The van der Waals surface area contributed by atoms with Gasteiger partial charge in [-0.3, -0.25) is 0 Å². The second-order valence-electron chi connectivity index (χ2n) is 13.4. The molecule has 1 spiro atoms. The van der Waals surface area contributed by atoms with Crippen LogP contribution in [0.3, 0.4) is 0 Å². The predicted octanol–water partition coefficient (Wildman–Crippen LogP) is 5.98. The van der Waals surface area contributed by atoms with E-state index >= 15 is 0 Å². The van der Waals surface area contributed by atoms with E-state index in [9.17, 15) is 14.4 Å². The number of nitrogens with zero attached hydrogens (tertiary/aromatic N) is 3. The van der Waals surface area contributed by atoms with Crippen LogP contribution >= 0.6 is 0 Å². The zero-order chi connectivity index (χ0) is 30.6. The number of ether oxygens (including phenoxy) is 3. The number of cyclic esters (lactones) is 1. The Hall–Kier alpha value is -2.72. The first-order valence-corrected chi connectivity index (χ1v) is 15.9. The molecule has 8 nitrogen and oxygen atoms in total. The van der Waals surface area contributed by atoms with E-state index in [1.807, 2.05) is 29.2 Å². The Bertz CT molecular complexity index is 1200. The zero-order valence-corrected chi connectivity index (χ0v) is 26.2. The highest BCUT2D eigenvalue weighted by atomic mass is 19.1. The van der Waals surface area contributed by atoms with Gasteiger partial charge in [-0.15, -0.1) is 0 Å². The number of amides is 1. The number of hydroxylamine groups is 3. The number of hydrogen-bond donors (Lipinski definition) is 0. The van der Waals surface area contributed by atoms with Crippen molar-refractivity contribution in [2.75, 3.05) is 46.1 Å². The van der Waals surface area contributed by atoms with Crippen molar-refractivity contribution < 1.29 is 28.0 Å². The number of likely N-dealkylation sites (tertiary alicyclic amines) is 1. The molecule has 5 rings (SSSR count).